The van der Waals surface area contributed by atoms with Crippen molar-refractivity contribution in [3.63, 3.8) is 0 Å². The number of fused-ring (bicyclic) bond motifs is 1. The molecule has 0 fully saturated rings. The molecule has 2 aromatic carbocycles. The average molecular weight is 331 g/mol. The average Bonchev–Trinajstić information content (AvgIpc) is 3.02. The summed E-state index contributed by atoms with van der Waals surface area (Å²) in [5.41, 5.74) is 3.30. The number of rotatable bonds is 4. The fourth-order valence-corrected chi connectivity index (χ4v) is 3.27. The van der Waals surface area contributed by atoms with Crippen LogP contribution in [0.25, 0.3) is 0 Å². The Labute approximate surface area is 135 Å². The molecular weight excluding hydrogens is 314 g/mol. The van der Waals surface area contributed by atoms with Crippen LogP contribution in [-0.2, 0) is 23.1 Å². The van der Waals surface area contributed by atoms with Gasteiger partial charge in [0.1, 0.15) is 0 Å². The minimum Gasteiger partial charge on any atom is -0.322 e. The predicted octanol–water partition coefficient (Wildman–Crippen LogP) is 1.45. The second kappa shape index (κ2) is 6.11. The molecule has 0 saturated heterocycles. The molecule has 1 heterocycles. The van der Waals surface area contributed by atoms with Gasteiger partial charge in [0.2, 0.25) is 10.0 Å². The van der Waals surface area contributed by atoms with Crippen LogP contribution in [-0.4, -0.2) is 21.4 Å². The molecule has 0 radical (unpaired) electrons. The number of carbonyl (C=O) groups is 1. The molecule has 120 valence electrons. The number of sulfonamides is 1. The summed E-state index contributed by atoms with van der Waals surface area (Å²) in [4.78, 5) is 12.5. The summed E-state index contributed by atoms with van der Waals surface area (Å²) in [7, 11) is -2.19. The Morgan fingerprint density at radius 2 is 1.87 bits per heavy atom. The van der Waals surface area contributed by atoms with Crippen LogP contribution in [0.1, 0.15) is 21.5 Å². The second-order valence-corrected chi connectivity index (χ2v) is 7.16. The van der Waals surface area contributed by atoms with Crippen LogP contribution in [0.15, 0.2) is 47.4 Å². The first-order valence-electron chi connectivity index (χ1n) is 7.17. The lowest BCUT2D eigenvalue weighted by Gasteiger charge is -2.09. The highest BCUT2D eigenvalue weighted by atomic mass is 32.2. The molecule has 1 aliphatic rings. The molecule has 0 aromatic heterocycles. The van der Waals surface area contributed by atoms with E-state index in [1.807, 2.05) is 12.1 Å². The topological polar surface area (TPSA) is 87.3 Å². The fraction of sp³-hybridized carbons (Fsp3) is 0.188. The van der Waals surface area contributed by atoms with Crippen LogP contribution in [0.4, 0.5) is 5.69 Å². The van der Waals surface area contributed by atoms with E-state index in [-0.39, 0.29) is 10.8 Å². The summed E-state index contributed by atoms with van der Waals surface area (Å²) in [6.45, 7) is 1.58. The standard InChI is InChI=1S/C16H17N3O3S/c1-17-23(21,22)15-4-2-3-14(8-15)19-16(20)11-5-6-12-9-18-10-13(12)7-11/h2-8,17-18H,9-10H2,1H3,(H,19,20). The molecule has 2 aromatic rings. The number of hydrogen-bond donors (Lipinski definition) is 3. The normalized spacial score (nSPS) is 13.6. The number of carbonyl (C=O) groups excluding carboxylic acids is 1. The van der Waals surface area contributed by atoms with Gasteiger partial charge in [-0.1, -0.05) is 12.1 Å². The maximum absolute atomic E-state index is 12.3. The Balaban J connectivity index is 1.82. The van der Waals surface area contributed by atoms with Crippen LogP contribution < -0.4 is 15.4 Å². The second-order valence-electron chi connectivity index (χ2n) is 5.28. The summed E-state index contributed by atoms with van der Waals surface area (Å²) < 4.78 is 25.9. The van der Waals surface area contributed by atoms with Crippen LogP contribution >= 0.6 is 0 Å². The van der Waals surface area contributed by atoms with Crippen LogP contribution in [0.3, 0.4) is 0 Å². The van der Waals surface area contributed by atoms with Gasteiger partial charge in [0.15, 0.2) is 0 Å². The van der Waals surface area contributed by atoms with E-state index < -0.39 is 10.0 Å². The van der Waals surface area contributed by atoms with Crippen molar-refractivity contribution in [3.8, 4) is 0 Å². The van der Waals surface area contributed by atoms with Gasteiger partial charge in [0.25, 0.3) is 5.91 Å². The van der Waals surface area contributed by atoms with Gasteiger partial charge in [-0.25, -0.2) is 13.1 Å². The molecule has 0 spiro atoms. The highest BCUT2D eigenvalue weighted by Crippen LogP contribution is 2.19. The molecule has 23 heavy (non-hydrogen) atoms. The smallest absolute Gasteiger partial charge is 0.255 e. The van der Waals surface area contributed by atoms with E-state index in [1.165, 1.54) is 24.7 Å². The van der Waals surface area contributed by atoms with E-state index in [0.717, 1.165) is 18.7 Å². The van der Waals surface area contributed by atoms with Crippen molar-refractivity contribution in [2.45, 2.75) is 18.0 Å². The first kappa shape index (κ1) is 15.7. The van der Waals surface area contributed by atoms with Crippen molar-refractivity contribution < 1.29 is 13.2 Å². The Morgan fingerprint density at radius 3 is 2.65 bits per heavy atom. The van der Waals surface area contributed by atoms with Crippen molar-refractivity contribution >= 4 is 21.6 Å². The van der Waals surface area contributed by atoms with Gasteiger partial charge in [-0.2, -0.15) is 0 Å². The molecule has 7 heteroatoms. The van der Waals surface area contributed by atoms with E-state index in [9.17, 15) is 13.2 Å². The third-order valence-corrected chi connectivity index (χ3v) is 5.18. The van der Waals surface area contributed by atoms with E-state index in [1.54, 1.807) is 18.2 Å². The number of benzene rings is 2. The molecular formula is C16H17N3O3S. The van der Waals surface area contributed by atoms with Crippen LogP contribution in [0.5, 0.6) is 0 Å². The molecule has 1 aliphatic heterocycles. The van der Waals surface area contributed by atoms with Crippen molar-refractivity contribution in [1.82, 2.24) is 10.0 Å². The molecule has 6 nitrogen and oxygen atoms in total. The monoisotopic (exact) mass is 331 g/mol. The summed E-state index contributed by atoms with van der Waals surface area (Å²) in [5, 5.41) is 5.96. The molecule has 0 atom stereocenters. The Morgan fingerprint density at radius 1 is 1.09 bits per heavy atom. The lowest BCUT2D eigenvalue weighted by Crippen LogP contribution is -2.19. The minimum absolute atomic E-state index is 0.107. The zero-order valence-electron chi connectivity index (χ0n) is 12.6. The van der Waals surface area contributed by atoms with Gasteiger partial charge in [-0.05, 0) is 48.5 Å². The van der Waals surface area contributed by atoms with Gasteiger partial charge in [0, 0.05) is 24.3 Å². The number of nitrogens with one attached hydrogen (secondary N) is 3. The maximum atomic E-state index is 12.3. The SMILES string of the molecule is CNS(=O)(=O)c1cccc(NC(=O)c2ccc3c(c2)CNC3)c1. The van der Waals surface area contributed by atoms with E-state index in [4.69, 9.17) is 0 Å². The highest BCUT2D eigenvalue weighted by Gasteiger charge is 2.15. The summed E-state index contributed by atoms with van der Waals surface area (Å²) in [6, 6.07) is 11.7. The van der Waals surface area contributed by atoms with Crippen molar-refractivity contribution in [1.29, 1.82) is 0 Å². The van der Waals surface area contributed by atoms with E-state index in [0.29, 0.717) is 11.3 Å². The van der Waals surface area contributed by atoms with Gasteiger partial charge >= 0.3 is 0 Å². The lowest BCUT2D eigenvalue weighted by molar-refractivity contribution is 0.102. The zero-order chi connectivity index (χ0) is 16.4. The van der Waals surface area contributed by atoms with Gasteiger partial charge in [0.05, 0.1) is 4.90 Å². The largest absolute Gasteiger partial charge is 0.322 e. The first-order valence-corrected chi connectivity index (χ1v) is 8.65. The highest BCUT2D eigenvalue weighted by molar-refractivity contribution is 7.89. The third kappa shape index (κ3) is 3.26. The van der Waals surface area contributed by atoms with E-state index in [2.05, 4.69) is 15.4 Å². The third-order valence-electron chi connectivity index (χ3n) is 3.77. The number of hydrogen-bond acceptors (Lipinski definition) is 4. The first-order chi connectivity index (χ1) is 11.0. The van der Waals surface area contributed by atoms with Crippen molar-refractivity contribution in [3.05, 3.63) is 59.2 Å². The van der Waals surface area contributed by atoms with E-state index >= 15 is 0 Å². The molecule has 0 aliphatic carbocycles. The molecule has 3 rings (SSSR count). The van der Waals surface area contributed by atoms with Crippen molar-refractivity contribution in [2.75, 3.05) is 12.4 Å². The van der Waals surface area contributed by atoms with Gasteiger partial charge in [-0.15, -0.1) is 0 Å². The van der Waals surface area contributed by atoms with Gasteiger partial charge < -0.3 is 10.6 Å². The van der Waals surface area contributed by atoms with Gasteiger partial charge in [-0.3, -0.25) is 4.79 Å². The quantitative estimate of drug-likeness (QED) is 0.791. The molecule has 0 bridgehead atoms. The summed E-state index contributed by atoms with van der Waals surface area (Å²) >= 11 is 0. The van der Waals surface area contributed by atoms with Crippen LogP contribution in [0.2, 0.25) is 0 Å². The lowest BCUT2D eigenvalue weighted by atomic mass is 10.1. The summed E-state index contributed by atoms with van der Waals surface area (Å²) in [5.74, 6) is -0.265. The molecule has 1 amide bonds. The Bertz CT molecular complexity index is 863. The number of amides is 1. The molecule has 3 N–H and O–H groups in total. The number of anilines is 1. The zero-order valence-corrected chi connectivity index (χ0v) is 13.4. The predicted molar refractivity (Wildman–Crippen MR) is 87.6 cm³/mol. The molecule has 0 saturated carbocycles. The minimum atomic E-state index is -3.54. The maximum Gasteiger partial charge on any atom is 0.255 e. The fourth-order valence-electron chi connectivity index (χ4n) is 2.50. The summed E-state index contributed by atoms with van der Waals surface area (Å²) in [6.07, 6.45) is 0. The Kier molecular flexibility index (Phi) is 4.16. The van der Waals surface area contributed by atoms with Crippen molar-refractivity contribution in [2.24, 2.45) is 0 Å². The molecule has 0 unspecified atom stereocenters. The Hall–Kier alpha value is -2.22. The van der Waals surface area contributed by atoms with Crippen LogP contribution in [0, 0.1) is 0 Å².